The number of hydrogen-bond acceptors (Lipinski definition) is 2. The van der Waals surface area contributed by atoms with Crippen molar-refractivity contribution >= 4 is 5.91 Å². The molecule has 1 rings (SSSR count). The number of benzene rings is 1. The van der Waals surface area contributed by atoms with Crippen LogP contribution < -0.4 is 5.32 Å². The van der Waals surface area contributed by atoms with E-state index in [1.165, 1.54) is 0 Å². The van der Waals surface area contributed by atoms with E-state index in [0.29, 0.717) is 6.42 Å². The lowest BCUT2D eigenvalue weighted by Gasteiger charge is -2.16. The molecule has 0 saturated heterocycles. The smallest absolute Gasteiger partial charge is 0.226 e. The van der Waals surface area contributed by atoms with Gasteiger partial charge in [-0.1, -0.05) is 30.3 Å². The predicted molar refractivity (Wildman–Crippen MR) is 66.3 cm³/mol. The Labute approximate surface area is 97.5 Å². The van der Waals surface area contributed by atoms with Gasteiger partial charge in [-0.3, -0.25) is 4.79 Å². The molecule has 0 fully saturated rings. The van der Waals surface area contributed by atoms with Gasteiger partial charge in [-0.15, -0.1) is 0 Å². The first-order valence-electron chi connectivity index (χ1n) is 5.66. The summed E-state index contributed by atoms with van der Waals surface area (Å²) in [5.41, 5.74) is 1.08. The summed E-state index contributed by atoms with van der Waals surface area (Å²) in [6, 6.07) is 9.86. The monoisotopic (exact) mass is 220 g/mol. The topological polar surface area (TPSA) is 32.3 Å². The van der Waals surface area contributed by atoms with Gasteiger partial charge in [0.2, 0.25) is 5.91 Å². The van der Waals surface area contributed by atoms with Crippen molar-refractivity contribution in [2.45, 2.75) is 12.8 Å². The molecule has 0 unspecified atom stereocenters. The average molecular weight is 220 g/mol. The summed E-state index contributed by atoms with van der Waals surface area (Å²) < 4.78 is 0. The Balaban J connectivity index is 2.34. The molecule has 88 valence electrons. The van der Waals surface area contributed by atoms with Crippen LogP contribution in [0.4, 0.5) is 0 Å². The van der Waals surface area contributed by atoms with Crippen molar-refractivity contribution < 1.29 is 4.79 Å². The summed E-state index contributed by atoms with van der Waals surface area (Å²) in [7, 11) is 3.78. The fourth-order valence-electron chi connectivity index (χ4n) is 1.52. The Hall–Kier alpha value is -1.35. The number of carbonyl (C=O) groups is 1. The summed E-state index contributed by atoms with van der Waals surface area (Å²) in [6.07, 6.45) is 1.49. The van der Waals surface area contributed by atoms with E-state index in [-0.39, 0.29) is 5.91 Å². The van der Waals surface area contributed by atoms with E-state index < -0.39 is 0 Å². The second-order valence-corrected chi connectivity index (χ2v) is 3.93. The fourth-order valence-corrected chi connectivity index (χ4v) is 1.52. The Morgan fingerprint density at radius 3 is 2.62 bits per heavy atom. The first-order valence-corrected chi connectivity index (χ1v) is 5.66. The highest BCUT2D eigenvalue weighted by molar-refractivity contribution is 5.78. The fraction of sp³-hybridized carbons (Fsp3) is 0.462. The maximum Gasteiger partial charge on any atom is 0.226 e. The van der Waals surface area contributed by atoms with E-state index in [9.17, 15) is 4.79 Å². The molecular formula is C13H20N2O. The van der Waals surface area contributed by atoms with Gasteiger partial charge < -0.3 is 10.2 Å². The van der Waals surface area contributed by atoms with Gasteiger partial charge in [0, 0.05) is 13.6 Å². The molecular weight excluding hydrogens is 200 g/mol. The van der Waals surface area contributed by atoms with Gasteiger partial charge in [0.1, 0.15) is 0 Å². The lowest BCUT2D eigenvalue weighted by Crippen LogP contribution is -2.30. The van der Waals surface area contributed by atoms with Crippen LogP contribution in [-0.2, 0) is 11.2 Å². The zero-order valence-electron chi connectivity index (χ0n) is 10.1. The van der Waals surface area contributed by atoms with Crippen LogP contribution in [0.2, 0.25) is 0 Å². The summed E-state index contributed by atoms with van der Waals surface area (Å²) in [5, 5.41) is 3.07. The number of nitrogens with one attached hydrogen (secondary N) is 1. The molecule has 0 radical (unpaired) electrons. The van der Waals surface area contributed by atoms with Gasteiger partial charge in [0.05, 0.1) is 6.42 Å². The van der Waals surface area contributed by atoms with Crippen LogP contribution in [-0.4, -0.2) is 38.0 Å². The molecule has 3 nitrogen and oxygen atoms in total. The van der Waals surface area contributed by atoms with Crippen molar-refractivity contribution in [3.05, 3.63) is 35.9 Å². The molecule has 3 heteroatoms. The zero-order valence-corrected chi connectivity index (χ0v) is 10.1. The molecule has 0 spiro atoms. The van der Waals surface area contributed by atoms with Crippen LogP contribution in [0.15, 0.2) is 30.3 Å². The van der Waals surface area contributed by atoms with Crippen LogP contribution in [0.3, 0.4) is 0 Å². The normalized spacial score (nSPS) is 10.1. The Kier molecular flexibility index (Phi) is 5.57. The molecule has 1 aromatic carbocycles. The molecule has 0 aromatic heterocycles. The van der Waals surface area contributed by atoms with E-state index in [1.54, 1.807) is 4.90 Å². The minimum absolute atomic E-state index is 0.183. The maximum absolute atomic E-state index is 11.8. The largest absolute Gasteiger partial charge is 0.345 e. The third kappa shape index (κ3) is 4.45. The van der Waals surface area contributed by atoms with Crippen molar-refractivity contribution in [1.29, 1.82) is 0 Å². The third-order valence-corrected chi connectivity index (χ3v) is 2.54. The Morgan fingerprint density at radius 2 is 2.00 bits per heavy atom. The minimum atomic E-state index is 0.183. The molecule has 0 atom stereocenters. The van der Waals surface area contributed by atoms with Crippen molar-refractivity contribution in [2.24, 2.45) is 0 Å². The summed E-state index contributed by atoms with van der Waals surface area (Å²) in [6.45, 7) is 1.76. The predicted octanol–water partition coefficient (Wildman–Crippen LogP) is 1.30. The number of hydrogen-bond donors (Lipinski definition) is 1. The minimum Gasteiger partial charge on any atom is -0.345 e. The van der Waals surface area contributed by atoms with Crippen molar-refractivity contribution in [1.82, 2.24) is 10.2 Å². The summed E-state index contributed by atoms with van der Waals surface area (Å²) in [4.78, 5) is 13.6. The van der Waals surface area contributed by atoms with Gasteiger partial charge in [0.15, 0.2) is 0 Å². The van der Waals surface area contributed by atoms with Crippen LogP contribution in [0.5, 0.6) is 0 Å². The number of likely N-dealkylation sites (N-methyl/N-ethyl adjacent to an activating group) is 1. The van der Waals surface area contributed by atoms with Crippen LogP contribution >= 0.6 is 0 Å². The van der Waals surface area contributed by atoms with E-state index in [1.807, 2.05) is 44.4 Å². The highest BCUT2D eigenvalue weighted by atomic mass is 16.2. The maximum atomic E-state index is 11.8. The van der Waals surface area contributed by atoms with Crippen molar-refractivity contribution in [2.75, 3.05) is 27.2 Å². The zero-order chi connectivity index (χ0) is 11.8. The SMILES string of the molecule is CNCCCN(C)C(=O)Cc1ccccc1. The molecule has 0 saturated carbocycles. The molecule has 0 heterocycles. The molecule has 0 aliphatic carbocycles. The van der Waals surface area contributed by atoms with Crippen LogP contribution in [0.1, 0.15) is 12.0 Å². The van der Waals surface area contributed by atoms with Gasteiger partial charge in [-0.05, 0) is 25.6 Å². The molecule has 0 aliphatic rings. The lowest BCUT2D eigenvalue weighted by molar-refractivity contribution is -0.129. The van der Waals surface area contributed by atoms with Gasteiger partial charge in [-0.25, -0.2) is 0 Å². The number of nitrogens with zero attached hydrogens (tertiary/aromatic N) is 1. The number of rotatable bonds is 6. The second-order valence-electron chi connectivity index (χ2n) is 3.93. The number of carbonyl (C=O) groups excluding carboxylic acids is 1. The summed E-state index contributed by atoms with van der Waals surface area (Å²) >= 11 is 0. The quantitative estimate of drug-likeness (QED) is 0.733. The van der Waals surface area contributed by atoms with E-state index in [2.05, 4.69) is 5.32 Å². The highest BCUT2D eigenvalue weighted by Crippen LogP contribution is 2.02. The second kappa shape index (κ2) is 7.01. The standard InChI is InChI=1S/C13H20N2O/c1-14-9-6-10-15(2)13(16)11-12-7-4-3-5-8-12/h3-5,7-8,14H,6,9-11H2,1-2H3. The third-order valence-electron chi connectivity index (χ3n) is 2.54. The highest BCUT2D eigenvalue weighted by Gasteiger charge is 2.08. The molecule has 1 amide bonds. The lowest BCUT2D eigenvalue weighted by atomic mass is 10.1. The number of amides is 1. The Bertz CT molecular complexity index is 311. The first-order chi connectivity index (χ1) is 7.74. The summed E-state index contributed by atoms with van der Waals surface area (Å²) in [5.74, 6) is 0.183. The first kappa shape index (κ1) is 12.7. The molecule has 1 aromatic rings. The van der Waals surface area contributed by atoms with Crippen molar-refractivity contribution in [3.8, 4) is 0 Å². The van der Waals surface area contributed by atoms with E-state index in [0.717, 1.165) is 25.1 Å². The van der Waals surface area contributed by atoms with Gasteiger partial charge in [0.25, 0.3) is 0 Å². The molecule has 0 bridgehead atoms. The Morgan fingerprint density at radius 1 is 1.31 bits per heavy atom. The molecule has 0 aliphatic heterocycles. The van der Waals surface area contributed by atoms with Crippen molar-refractivity contribution in [3.63, 3.8) is 0 Å². The molecule has 16 heavy (non-hydrogen) atoms. The average Bonchev–Trinajstić information content (AvgIpc) is 2.30. The van der Waals surface area contributed by atoms with E-state index >= 15 is 0 Å². The van der Waals surface area contributed by atoms with Gasteiger partial charge in [-0.2, -0.15) is 0 Å². The van der Waals surface area contributed by atoms with E-state index in [4.69, 9.17) is 0 Å². The van der Waals surface area contributed by atoms with Gasteiger partial charge >= 0.3 is 0 Å². The van der Waals surface area contributed by atoms with Crippen LogP contribution in [0.25, 0.3) is 0 Å². The molecule has 1 N–H and O–H groups in total. The van der Waals surface area contributed by atoms with Crippen LogP contribution in [0, 0.1) is 0 Å².